The second-order valence-electron chi connectivity index (χ2n) is 6.89. The summed E-state index contributed by atoms with van der Waals surface area (Å²) in [4.78, 5) is 20.4. The molecule has 0 atom stereocenters. The van der Waals surface area contributed by atoms with Gasteiger partial charge in [-0.05, 0) is 0 Å². The van der Waals surface area contributed by atoms with E-state index in [2.05, 4.69) is 36.2 Å². The van der Waals surface area contributed by atoms with Crippen LogP contribution in [0.1, 0.15) is 20.4 Å². The molecule has 0 amide bonds. The first-order valence-electron chi connectivity index (χ1n) is 9.63. The third-order valence-electron chi connectivity index (χ3n) is 4.81. The number of anilines is 1. The van der Waals surface area contributed by atoms with Crippen molar-refractivity contribution < 1.29 is 4.79 Å². The normalized spacial score (nSPS) is 10.7. The number of benzene rings is 3. The van der Waals surface area contributed by atoms with Crippen LogP contribution in [0.4, 0.5) is 4.69 Å². The van der Waals surface area contributed by atoms with E-state index in [1.54, 1.807) is 0 Å². The topological polar surface area (TPSA) is 33.2 Å². The van der Waals surface area contributed by atoms with Crippen molar-refractivity contribution in [2.24, 2.45) is 0 Å². The molecular formula is C25H22N2OSe. The Morgan fingerprint density at radius 1 is 0.862 bits per heavy atom. The van der Waals surface area contributed by atoms with Crippen molar-refractivity contribution in [1.82, 2.24) is 4.98 Å². The van der Waals surface area contributed by atoms with Gasteiger partial charge in [-0.1, -0.05) is 0 Å². The molecule has 29 heavy (non-hydrogen) atoms. The van der Waals surface area contributed by atoms with E-state index in [0.717, 1.165) is 38.9 Å². The number of ketones is 1. The molecule has 3 nitrogen and oxygen atoms in total. The number of aromatic nitrogens is 1. The predicted octanol–water partition coefficient (Wildman–Crippen LogP) is 4.72. The van der Waals surface area contributed by atoms with Crippen LogP contribution in [0.25, 0.3) is 11.3 Å². The summed E-state index contributed by atoms with van der Waals surface area (Å²) in [5.74, 6) is 0.0830. The second kappa shape index (κ2) is 9.04. The molecule has 0 aliphatic rings. The zero-order valence-corrected chi connectivity index (χ0v) is 18.0. The van der Waals surface area contributed by atoms with Crippen molar-refractivity contribution in [3.63, 3.8) is 0 Å². The average Bonchev–Trinajstić information content (AvgIpc) is 3.24. The molecule has 4 rings (SSSR count). The van der Waals surface area contributed by atoms with Crippen LogP contribution in [-0.4, -0.2) is 38.9 Å². The molecule has 4 aromatic rings. The molecule has 0 bridgehead atoms. The standard InChI is InChI=1S/C25H22N2OSe/c1-27(18-17-19-11-5-2-6-12-19)25-26-22(20-13-7-3-8-14-20)24(29-25)23(28)21-15-9-4-10-16-21/h2-16H,17-18H2,1H3. The van der Waals surface area contributed by atoms with Gasteiger partial charge < -0.3 is 0 Å². The summed E-state index contributed by atoms with van der Waals surface area (Å²) in [5, 5.41) is 0. The Balaban J connectivity index is 1.65. The van der Waals surface area contributed by atoms with Gasteiger partial charge in [0.05, 0.1) is 0 Å². The molecule has 0 radical (unpaired) electrons. The number of hydrogen-bond donors (Lipinski definition) is 0. The van der Waals surface area contributed by atoms with Crippen molar-refractivity contribution in [3.05, 3.63) is 107 Å². The molecule has 0 saturated carbocycles. The van der Waals surface area contributed by atoms with Crippen LogP contribution in [0.5, 0.6) is 0 Å². The summed E-state index contributed by atoms with van der Waals surface area (Å²) in [7, 11) is 2.07. The maximum atomic E-state index is 13.2. The van der Waals surface area contributed by atoms with Gasteiger partial charge in [-0.25, -0.2) is 0 Å². The van der Waals surface area contributed by atoms with E-state index >= 15 is 0 Å². The van der Waals surface area contributed by atoms with Crippen LogP contribution in [0, 0.1) is 0 Å². The third-order valence-corrected chi connectivity index (χ3v) is 7.26. The van der Waals surface area contributed by atoms with Gasteiger partial charge in [-0.15, -0.1) is 0 Å². The fourth-order valence-corrected chi connectivity index (χ4v) is 5.35. The first-order chi connectivity index (χ1) is 14.2. The number of carbonyl (C=O) groups excluding carboxylic acids is 1. The van der Waals surface area contributed by atoms with Crippen molar-refractivity contribution in [3.8, 4) is 11.3 Å². The van der Waals surface area contributed by atoms with Gasteiger partial charge in [0.2, 0.25) is 0 Å². The summed E-state index contributed by atoms with van der Waals surface area (Å²) in [5.41, 5.74) is 3.85. The quantitative estimate of drug-likeness (QED) is 0.305. The van der Waals surface area contributed by atoms with E-state index in [0.29, 0.717) is 0 Å². The summed E-state index contributed by atoms with van der Waals surface area (Å²) in [6.45, 7) is 0.874. The Hall–Kier alpha value is -2.94. The SMILES string of the molecule is CN(CCc1ccccc1)c1nc(-c2ccccc2)c(C(=O)c2ccccc2)[se]1. The predicted molar refractivity (Wildman–Crippen MR) is 120 cm³/mol. The molecule has 0 fully saturated rings. The number of carbonyl (C=O) groups is 1. The van der Waals surface area contributed by atoms with Crippen LogP contribution in [0.2, 0.25) is 0 Å². The van der Waals surface area contributed by atoms with Crippen molar-refractivity contribution >= 4 is 25.0 Å². The monoisotopic (exact) mass is 446 g/mol. The molecule has 1 heterocycles. The van der Waals surface area contributed by atoms with E-state index < -0.39 is 0 Å². The summed E-state index contributed by atoms with van der Waals surface area (Å²) in [6.07, 6.45) is 0.953. The number of likely N-dealkylation sites (N-methyl/N-ethyl adjacent to an activating group) is 1. The molecule has 0 saturated heterocycles. The van der Waals surface area contributed by atoms with Gasteiger partial charge in [0.25, 0.3) is 0 Å². The molecule has 0 aliphatic heterocycles. The van der Waals surface area contributed by atoms with Gasteiger partial charge in [-0.2, -0.15) is 0 Å². The molecule has 4 heteroatoms. The molecular weight excluding hydrogens is 423 g/mol. The molecule has 0 unspecified atom stereocenters. The van der Waals surface area contributed by atoms with E-state index in [-0.39, 0.29) is 20.3 Å². The summed E-state index contributed by atoms with van der Waals surface area (Å²) >= 11 is -0.121. The fraction of sp³-hybridized carbons (Fsp3) is 0.120. The number of rotatable bonds is 7. The van der Waals surface area contributed by atoms with E-state index in [9.17, 15) is 4.79 Å². The summed E-state index contributed by atoms with van der Waals surface area (Å²) < 4.78 is 1.84. The van der Waals surface area contributed by atoms with Crippen molar-refractivity contribution in [2.75, 3.05) is 18.5 Å². The molecule has 1 aromatic heterocycles. The van der Waals surface area contributed by atoms with Gasteiger partial charge >= 0.3 is 177 Å². The Labute approximate surface area is 177 Å². The van der Waals surface area contributed by atoms with Gasteiger partial charge in [0, 0.05) is 0 Å². The van der Waals surface area contributed by atoms with E-state index in [4.69, 9.17) is 4.98 Å². The first-order valence-corrected chi connectivity index (χ1v) is 11.3. The third kappa shape index (κ3) is 4.56. The maximum absolute atomic E-state index is 13.2. The van der Waals surface area contributed by atoms with Crippen LogP contribution in [0.3, 0.4) is 0 Å². The van der Waals surface area contributed by atoms with Gasteiger partial charge in [0.1, 0.15) is 0 Å². The van der Waals surface area contributed by atoms with Crippen LogP contribution >= 0.6 is 0 Å². The first kappa shape index (κ1) is 19.4. The Bertz CT molecular complexity index is 1080. The van der Waals surface area contributed by atoms with Crippen LogP contribution in [0.15, 0.2) is 91.0 Å². The Morgan fingerprint density at radius 2 is 1.45 bits per heavy atom. The zero-order valence-electron chi connectivity index (χ0n) is 16.3. The Morgan fingerprint density at radius 3 is 2.10 bits per heavy atom. The van der Waals surface area contributed by atoms with Gasteiger partial charge in [0.15, 0.2) is 0 Å². The second-order valence-corrected chi connectivity index (χ2v) is 8.94. The number of hydrogen-bond acceptors (Lipinski definition) is 3. The van der Waals surface area contributed by atoms with E-state index in [1.807, 2.05) is 66.7 Å². The minimum absolute atomic E-state index is 0.0830. The van der Waals surface area contributed by atoms with Crippen molar-refractivity contribution in [1.29, 1.82) is 0 Å². The molecule has 0 spiro atoms. The molecule has 144 valence electrons. The average molecular weight is 445 g/mol. The molecule has 0 N–H and O–H groups in total. The van der Waals surface area contributed by atoms with Gasteiger partial charge in [-0.3, -0.25) is 0 Å². The summed E-state index contributed by atoms with van der Waals surface area (Å²) in [6, 6.07) is 30.0. The fourth-order valence-electron chi connectivity index (χ4n) is 3.18. The Kier molecular flexibility index (Phi) is 6.04. The molecule has 0 aliphatic carbocycles. The van der Waals surface area contributed by atoms with Crippen LogP contribution < -0.4 is 4.90 Å². The number of nitrogens with zero attached hydrogens (tertiary/aromatic N) is 2. The minimum atomic E-state index is -0.121. The zero-order chi connectivity index (χ0) is 20.1. The van der Waals surface area contributed by atoms with Crippen molar-refractivity contribution in [2.45, 2.75) is 6.42 Å². The van der Waals surface area contributed by atoms with Crippen LogP contribution in [-0.2, 0) is 6.42 Å². The van der Waals surface area contributed by atoms with E-state index in [1.165, 1.54) is 5.56 Å². The molecule has 3 aromatic carbocycles.